The molecule has 0 atom stereocenters. The molecule has 3 rings (SSSR count). The van der Waals surface area contributed by atoms with Crippen LogP contribution in [0.4, 0.5) is 10.5 Å². The molecule has 1 saturated heterocycles. The molecule has 156 valence electrons. The number of likely N-dealkylation sites (tertiary alicyclic amines) is 1. The first-order chi connectivity index (χ1) is 13.7. The zero-order valence-electron chi connectivity index (χ0n) is 17.2. The van der Waals surface area contributed by atoms with Gasteiger partial charge in [-0.05, 0) is 63.4 Å². The Hall–Kier alpha value is -1.91. The topological polar surface area (TPSA) is 32.8 Å². The maximum atomic E-state index is 12.4. The van der Waals surface area contributed by atoms with Crippen molar-refractivity contribution < 1.29 is 9.53 Å². The lowest BCUT2D eigenvalue weighted by Crippen LogP contribution is -2.48. The van der Waals surface area contributed by atoms with Crippen molar-refractivity contribution in [3.05, 3.63) is 64.1 Å². The summed E-state index contributed by atoms with van der Waals surface area (Å²) in [6, 6.07) is 16.5. The molecule has 2 aromatic carbocycles. The number of nitrogens with zero attached hydrogens (tertiary/aromatic N) is 2. The lowest BCUT2D eigenvalue weighted by molar-refractivity contribution is 0.0204. The van der Waals surface area contributed by atoms with Crippen molar-refractivity contribution in [2.75, 3.05) is 18.0 Å². The molecule has 0 aromatic heterocycles. The normalized spacial score (nSPS) is 15.3. The number of anilines is 1. The predicted octanol–water partition coefficient (Wildman–Crippen LogP) is 6.40. The van der Waals surface area contributed by atoms with Crippen LogP contribution in [0.1, 0.15) is 39.2 Å². The molecule has 2 aromatic rings. The number of piperidine rings is 1. The van der Waals surface area contributed by atoms with Crippen LogP contribution in [-0.4, -0.2) is 35.7 Å². The average molecular weight is 435 g/mol. The molecule has 1 heterocycles. The zero-order chi connectivity index (χ0) is 21.0. The van der Waals surface area contributed by atoms with Gasteiger partial charge in [0.2, 0.25) is 0 Å². The van der Waals surface area contributed by atoms with E-state index in [9.17, 15) is 4.79 Å². The minimum Gasteiger partial charge on any atom is -0.444 e. The number of benzene rings is 2. The highest BCUT2D eigenvalue weighted by Crippen LogP contribution is 2.29. The van der Waals surface area contributed by atoms with Crippen LogP contribution in [0.15, 0.2) is 48.5 Å². The Bertz CT molecular complexity index is 829. The highest BCUT2D eigenvalue weighted by atomic mass is 35.5. The molecule has 6 heteroatoms. The molecule has 0 radical (unpaired) electrons. The third-order valence-electron chi connectivity index (χ3n) is 4.98. The summed E-state index contributed by atoms with van der Waals surface area (Å²) >= 11 is 12.3. The molecule has 1 aliphatic heterocycles. The van der Waals surface area contributed by atoms with Gasteiger partial charge in [-0.25, -0.2) is 4.79 Å². The number of ether oxygens (including phenoxy) is 1. The summed E-state index contributed by atoms with van der Waals surface area (Å²) in [5, 5.41) is 1.13. The fraction of sp³-hybridized carbons (Fsp3) is 0.435. The van der Waals surface area contributed by atoms with E-state index in [-0.39, 0.29) is 6.09 Å². The fourth-order valence-corrected chi connectivity index (χ4v) is 3.89. The molecule has 1 fully saturated rings. The largest absolute Gasteiger partial charge is 0.444 e. The van der Waals surface area contributed by atoms with Crippen molar-refractivity contribution in [3.8, 4) is 0 Å². The summed E-state index contributed by atoms with van der Waals surface area (Å²) in [4.78, 5) is 16.6. The number of hydrogen-bond acceptors (Lipinski definition) is 3. The van der Waals surface area contributed by atoms with Crippen LogP contribution in [0.5, 0.6) is 0 Å². The number of para-hydroxylation sites is 1. The number of amides is 1. The molecule has 0 spiro atoms. The zero-order valence-corrected chi connectivity index (χ0v) is 18.7. The van der Waals surface area contributed by atoms with Crippen molar-refractivity contribution in [1.29, 1.82) is 0 Å². The predicted molar refractivity (Wildman–Crippen MR) is 120 cm³/mol. The minimum absolute atomic E-state index is 0.230. The van der Waals surface area contributed by atoms with Gasteiger partial charge in [-0.3, -0.25) is 0 Å². The Kier molecular flexibility index (Phi) is 6.97. The second-order valence-electron chi connectivity index (χ2n) is 8.41. The number of carbonyl (C=O) groups is 1. The summed E-state index contributed by atoms with van der Waals surface area (Å²) in [5.74, 6) is 0. The fourth-order valence-electron chi connectivity index (χ4n) is 3.57. The molecular weight excluding hydrogens is 407 g/mol. The van der Waals surface area contributed by atoms with E-state index in [1.165, 1.54) is 0 Å². The van der Waals surface area contributed by atoms with Crippen molar-refractivity contribution in [3.63, 3.8) is 0 Å². The highest BCUT2D eigenvalue weighted by Gasteiger charge is 2.29. The van der Waals surface area contributed by atoms with Gasteiger partial charge in [0.25, 0.3) is 0 Å². The average Bonchev–Trinajstić information content (AvgIpc) is 2.68. The summed E-state index contributed by atoms with van der Waals surface area (Å²) in [7, 11) is 0. The Labute approximate surface area is 183 Å². The standard InChI is InChI=1S/C23H28Cl2N2O2/c1-23(2,3)29-22(28)26-13-11-19(12-14-26)27(18-7-5-4-6-8-18)16-17-9-10-20(24)21(25)15-17/h4-10,15,19H,11-14,16H2,1-3H3. The van der Waals surface area contributed by atoms with Gasteiger partial charge >= 0.3 is 6.09 Å². The van der Waals surface area contributed by atoms with Crippen LogP contribution in [0.25, 0.3) is 0 Å². The first-order valence-corrected chi connectivity index (χ1v) is 10.7. The van der Waals surface area contributed by atoms with Crippen molar-refractivity contribution in [2.45, 2.75) is 51.8 Å². The van der Waals surface area contributed by atoms with Crippen LogP contribution in [0.3, 0.4) is 0 Å². The van der Waals surface area contributed by atoms with Gasteiger partial charge in [0.15, 0.2) is 0 Å². The third kappa shape index (κ3) is 6.03. The van der Waals surface area contributed by atoms with E-state index >= 15 is 0 Å². The van der Waals surface area contributed by atoms with Gasteiger partial charge in [0.05, 0.1) is 10.0 Å². The summed E-state index contributed by atoms with van der Waals surface area (Å²) in [6.45, 7) is 7.79. The van der Waals surface area contributed by atoms with Crippen LogP contribution < -0.4 is 4.90 Å². The highest BCUT2D eigenvalue weighted by molar-refractivity contribution is 6.42. The van der Waals surface area contributed by atoms with Crippen molar-refractivity contribution >= 4 is 35.0 Å². The molecule has 0 aliphatic carbocycles. The summed E-state index contributed by atoms with van der Waals surface area (Å²) in [5.41, 5.74) is 1.80. The molecule has 1 amide bonds. The van der Waals surface area contributed by atoms with Gasteiger partial charge in [-0.2, -0.15) is 0 Å². The third-order valence-corrected chi connectivity index (χ3v) is 5.72. The minimum atomic E-state index is -0.474. The number of halogens is 2. The van der Waals surface area contributed by atoms with Gasteiger partial charge in [-0.1, -0.05) is 47.5 Å². The molecular formula is C23H28Cl2N2O2. The maximum absolute atomic E-state index is 12.4. The SMILES string of the molecule is CC(C)(C)OC(=O)N1CCC(N(Cc2ccc(Cl)c(Cl)c2)c2ccccc2)CC1. The van der Waals surface area contributed by atoms with E-state index in [2.05, 4.69) is 17.0 Å². The van der Waals surface area contributed by atoms with Gasteiger partial charge < -0.3 is 14.5 Å². The lowest BCUT2D eigenvalue weighted by Gasteiger charge is -2.40. The van der Waals surface area contributed by atoms with Crippen molar-refractivity contribution in [1.82, 2.24) is 4.90 Å². The second kappa shape index (κ2) is 9.27. The maximum Gasteiger partial charge on any atom is 0.410 e. The van der Waals surface area contributed by atoms with E-state index in [1.807, 2.05) is 62.1 Å². The Morgan fingerprint density at radius 2 is 1.72 bits per heavy atom. The Morgan fingerprint density at radius 3 is 2.31 bits per heavy atom. The van der Waals surface area contributed by atoms with E-state index < -0.39 is 5.60 Å². The van der Waals surface area contributed by atoms with E-state index in [0.717, 1.165) is 30.6 Å². The first-order valence-electron chi connectivity index (χ1n) is 9.96. The van der Waals surface area contributed by atoms with Crippen molar-refractivity contribution in [2.24, 2.45) is 0 Å². The molecule has 1 aliphatic rings. The van der Waals surface area contributed by atoms with E-state index in [1.54, 1.807) is 0 Å². The van der Waals surface area contributed by atoms with Gasteiger partial charge in [-0.15, -0.1) is 0 Å². The quantitative estimate of drug-likeness (QED) is 0.557. The smallest absolute Gasteiger partial charge is 0.410 e. The van der Waals surface area contributed by atoms with Gasteiger partial charge in [0, 0.05) is 31.4 Å². The molecule has 0 saturated carbocycles. The molecule has 4 nitrogen and oxygen atoms in total. The molecule has 29 heavy (non-hydrogen) atoms. The Balaban J connectivity index is 1.72. The van der Waals surface area contributed by atoms with E-state index in [4.69, 9.17) is 27.9 Å². The number of hydrogen-bond donors (Lipinski definition) is 0. The van der Waals surface area contributed by atoms with Crippen LogP contribution >= 0.6 is 23.2 Å². The van der Waals surface area contributed by atoms with Crippen LogP contribution in [0.2, 0.25) is 10.0 Å². The summed E-state index contributed by atoms with van der Waals surface area (Å²) < 4.78 is 5.52. The Morgan fingerprint density at radius 1 is 1.07 bits per heavy atom. The number of carbonyl (C=O) groups excluding carboxylic acids is 1. The summed E-state index contributed by atoms with van der Waals surface area (Å²) in [6.07, 6.45) is 1.54. The molecule has 0 bridgehead atoms. The number of rotatable bonds is 4. The molecule has 0 N–H and O–H groups in total. The van der Waals surface area contributed by atoms with E-state index in [0.29, 0.717) is 29.2 Å². The second-order valence-corrected chi connectivity index (χ2v) is 9.22. The van der Waals surface area contributed by atoms with Crippen LogP contribution in [-0.2, 0) is 11.3 Å². The monoisotopic (exact) mass is 434 g/mol. The lowest BCUT2D eigenvalue weighted by atomic mass is 10.0. The van der Waals surface area contributed by atoms with Crippen LogP contribution in [0, 0.1) is 0 Å². The first kappa shape index (κ1) is 21.8. The molecule has 0 unspecified atom stereocenters. The van der Waals surface area contributed by atoms with Gasteiger partial charge in [0.1, 0.15) is 5.60 Å².